The van der Waals surface area contributed by atoms with Crippen molar-refractivity contribution in [2.45, 2.75) is 44.4 Å². The van der Waals surface area contributed by atoms with Crippen LogP contribution in [-0.2, 0) is 19.1 Å². The zero-order valence-corrected chi connectivity index (χ0v) is 13.7. The van der Waals surface area contributed by atoms with Crippen molar-refractivity contribution < 1.29 is 24.2 Å². The second-order valence-electron chi connectivity index (χ2n) is 5.57. The van der Waals surface area contributed by atoms with Crippen LogP contribution in [0.4, 0.5) is 0 Å². The fourth-order valence-corrected chi connectivity index (χ4v) is 4.17. The quantitative estimate of drug-likeness (QED) is 0.784. The summed E-state index contributed by atoms with van der Waals surface area (Å²) < 4.78 is 5.29. The lowest BCUT2D eigenvalue weighted by Gasteiger charge is -2.30. The predicted molar refractivity (Wildman–Crippen MR) is 81.4 cm³/mol. The Morgan fingerprint density at radius 3 is 2.64 bits per heavy atom. The van der Waals surface area contributed by atoms with Gasteiger partial charge in [0.15, 0.2) is 0 Å². The topological polar surface area (TPSA) is 87.2 Å². The van der Waals surface area contributed by atoms with E-state index in [9.17, 15) is 14.4 Å². The van der Waals surface area contributed by atoms with Crippen LogP contribution in [-0.4, -0.2) is 76.2 Å². The summed E-state index contributed by atoms with van der Waals surface area (Å²) in [7, 11) is 1.56. The van der Waals surface area contributed by atoms with Gasteiger partial charge >= 0.3 is 5.97 Å². The highest BCUT2D eigenvalue weighted by Crippen LogP contribution is 2.28. The molecule has 2 amide bonds. The Labute approximate surface area is 134 Å². The minimum absolute atomic E-state index is 0.0411. The summed E-state index contributed by atoms with van der Waals surface area (Å²) in [5.41, 5.74) is 0. The van der Waals surface area contributed by atoms with Crippen LogP contribution in [0.2, 0.25) is 0 Å². The van der Waals surface area contributed by atoms with Gasteiger partial charge in [0.05, 0.1) is 18.4 Å². The maximum atomic E-state index is 12.8. The van der Waals surface area contributed by atoms with Crippen LogP contribution in [0, 0.1) is 0 Å². The first-order chi connectivity index (χ1) is 10.5. The molecule has 2 heterocycles. The summed E-state index contributed by atoms with van der Waals surface area (Å²) in [5.74, 6) is -0.0349. The van der Waals surface area contributed by atoms with Gasteiger partial charge in [-0.1, -0.05) is 6.92 Å². The first-order valence-corrected chi connectivity index (χ1v) is 8.55. The molecule has 0 spiro atoms. The number of carbonyl (C=O) groups excluding carboxylic acids is 2. The number of rotatable bonds is 5. The van der Waals surface area contributed by atoms with Crippen LogP contribution < -0.4 is 0 Å². The molecule has 0 saturated carbocycles. The van der Waals surface area contributed by atoms with Gasteiger partial charge in [-0.3, -0.25) is 14.4 Å². The van der Waals surface area contributed by atoms with Crippen LogP contribution >= 0.6 is 11.8 Å². The number of amides is 2. The molecule has 2 rings (SSSR count). The van der Waals surface area contributed by atoms with Crippen molar-refractivity contribution >= 4 is 29.5 Å². The number of hydrogen-bond acceptors (Lipinski definition) is 5. The number of ether oxygens (including phenoxy) is 1. The molecule has 2 aliphatic rings. The normalized spacial score (nSPS) is 28.2. The van der Waals surface area contributed by atoms with Crippen molar-refractivity contribution in [2.75, 3.05) is 25.3 Å². The highest BCUT2D eigenvalue weighted by Gasteiger charge is 2.43. The van der Waals surface area contributed by atoms with E-state index in [0.717, 1.165) is 0 Å². The third-order valence-electron chi connectivity index (χ3n) is 4.19. The second kappa shape index (κ2) is 7.32. The summed E-state index contributed by atoms with van der Waals surface area (Å²) >= 11 is 1.55. The van der Waals surface area contributed by atoms with Crippen molar-refractivity contribution in [3.8, 4) is 0 Å². The molecule has 2 aliphatic heterocycles. The number of likely N-dealkylation sites (tertiary alicyclic amines) is 1. The Kier molecular flexibility index (Phi) is 5.69. The highest BCUT2D eigenvalue weighted by molar-refractivity contribution is 7.99. The molecule has 1 N–H and O–H groups in total. The fourth-order valence-electron chi connectivity index (χ4n) is 3.00. The Hall–Kier alpha value is -1.28. The molecule has 2 saturated heterocycles. The summed E-state index contributed by atoms with van der Waals surface area (Å²) in [5, 5.41) is 9.03. The van der Waals surface area contributed by atoms with E-state index in [-0.39, 0.29) is 30.4 Å². The van der Waals surface area contributed by atoms with Gasteiger partial charge in [-0.05, 0) is 6.42 Å². The van der Waals surface area contributed by atoms with Gasteiger partial charge in [0.2, 0.25) is 11.8 Å². The van der Waals surface area contributed by atoms with E-state index in [2.05, 4.69) is 0 Å². The number of carboxylic acids is 1. The number of methoxy groups -OCH3 is 1. The maximum Gasteiger partial charge on any atom is 0.305 e. The third kappa shape index (κ3) is 3.55. The average molecular weight is 330 g/mol. The number of hydrogen-bond donors (Lipinski definition) is 1. The van der Waals surface area contributed by atoms with Gasteiger partial charge < -0.3 is 19.6 Å². The van der Waals surface area contributed by atoms with E-state index < -0.39 is 12.0 Å². The Morgan fingerprint density at radius 1 is 1.32 bits per heavy atom. The molecule has 0 aromatic rings. The monoisotopic (exact) mass is 330 g/mol. The van der Waals surface area contributed by atoms with Crippen molar-refractivity contribution in [3.05, 3.63) is 0 Å². The van der Waals surface area contributed by atoms with Crippen LogP contribution in [0.5, 0.6) is 0 Å². The summed E-state index contributed by atoms with van der Waals surface area (Å²) in [6.07, 6.45) is 0.657. The van der Waals surface area contributed by atoms with Crippen LogP contribution in [0.3, 0.4) is 0 Å². The Balaban J connectivity index is 2.11. The number of thioether (sulfide) groups is 1. The lowest BCUT2D eigenvalue weighted by atomic mass is 10.1. The van der Waals surface area contributed by atoms with Gasteiger partial charge in [-0.2, -0.15) is 0 Å². The van der Waals surface area contributed by atoms with Gasteiger partial charge in [-0.25, -0.2) is 0 Å². The number of carboxylic acid groups (broad SMARTS) is 1. The number of aliphatic carboxylic acids is 1. The zero-order valence-electron chi connectivity index (χ0n) is 12.9. The van der Waals surface area contributed by atoms with Crippen molar-refractivity contribution in [3.63, 3.8) is 0 Å². The smallest absolute Gasteiger partial charge is 0.305 e. The maximum absolute atomic E-state index is 12.8. The number of nitrogens with zero attached hydrogens (tertiary/aromatic N) is 2. The molecule has 7 nitrogen and oxygen atoms in total. The van der Waals surface area contributed by atoms with Crippen LogP contribution in [0.15, 0.2) is 0 Å². The first-order valence-electron chi connectivity index (χ1n) is 7.40. The molecule has 22 heavy (non-hydrogen) atoms. The van der Waals surface area contributed by atoms with Gasteiger partial charge in [-0.15, -0.1) is 11.8 Å². The summed E-state index contributed by atoms with van der Waals surface area (Å²) in [4.78, 5) is 39.0. The average Bonchev–Trinajstić information content (AvgIpc) is 3.11. The molecule has 3 unspecified atom stereocenters. The molecule has 0 bridgehead atoms. The second-order valence-corrected chi connectivity index (χ2v) is 6.57. The predicted octanol–water partition coefficient (Wildman–Crippen LogP) is 0.389. The summed E-state index contributed by atoms with van der Waals surface area (Å²) in [6.45, 7) is 2.17. The largest absolute Gasteiger partial charge is 0.481 e. The van der Waals surface area contributed by atoms with Crippen molar-refractivity contribution in [1.82, 2.24) is 9.80 Å². The molecule has 0 aromatic carbocycles. The molecule has 2 fully saturated rings. The third-order valence-corrected chi connectivity index (χ3v) is 5.21. The fraction of sp³-hybridized carbons (Fsp3) is 0.786. The summed E-state index contributed by atoms with van der Waals surface area (Å²) in [6, 6.07) is -0.844. The Bertz CT molecular complexity index is 459. The van der Waals surface area contributed by atoms with Gasteiger partial charge in [0, 0.05) is 31.9 Å². The lowest BCUT2D eigenvalue weighted by molar-refractivity contribution is -0.145. The van der Waals surface area contributed by atoms with Crippen molar-refractivity contribution in [2.24, 2.45) is 0 Å². The lowest BCUT2D eigenvalue weighted by Crippen LogP contribution is -2.50. The van der Waals surface area contributed by atoms with Crippen molar-refractivity contribution in [1.29, 1.82) is 0 Å². The molecule has 3 atom stereocenters. The molecule has 124 valence electrons. The van der Waals surface area contributed by atoms with Gasteiger partial charge in [0.1, 0.15) is 6.04 Å². The van der Waals surface area contributed by atoms with E-state index in [1.807, 2.05) is 0 Å². The van der Waals surface area contributed by atoms with Crippen LogP contribution in [0.1, 0.15) is 26.2 Å². The minimum Gasteiger partial charge on any atom is -0.481 e. The van der Waals surface area contributed by atoms with E-state index in [4.69, 9.17) is 9.84 Å². The molecule has 8 heteroatoms. The first kappa shape index (κ1) is 17.1. The zero-order chi connectivity index (χ0) is 16.3. The molecular formula is C14H22N2O5S. The molecule has 0 aliphatic carbocycles. The van der Waals surface area contributed by atoms with E-state index in [1.165, 1.54) is 0 Å². The number of carbonyl (C=O) groups is 3. The van der Waals surface area contributed by atoms with E-state index in [1.54, 1.807) is 35.6 Å². The minimum atomic E-state index is -0.929. The SMILES string of the molecule is CCC(=O)N1CSCC1C(=O)N1CC(OC)CC1CC(=O)O. The van der Waals surface area contributed by atoms with Gasteiger partial charge in [0.25, 0.3) is 0 Å². The molecular weight excluding hydrogens is 308 g/mol. The van der Waals surface area contributed by atoms with Crippen LogP contribution in [0.25, 0.3) is 0 Å². The van der Waals surface area contributed by atoms with E-state index >= 15 is 0 Å². The highest BCUT2D eigenvalue weighted by atomic mass is 32.2. The standard InChI is InChI=1S/C14H22N2O5S/c1-3-12(17)16-8-22-7-11(16)14(20)15-6-10(21-2)4-9(15)5-13(18)19/h9-11H,3-8H2,1-2H3,(H,18,19). The molecule has 0 radical (unpaired) electrons. The molecule has 0 aromatic heterocycles. The Morgan fingerprint density at radius 2 is 2.05 bits per heavy atom. The van der Waals surface area contributed by atoms with E-state index in [0.29, 0.717) is 31.0 Å².